The first kappa shape index (κ1) is 13.3. The van der Waals surface area contributed by atoms with Crippen molar-refractivity contribution in [2.75, 3.05) is 5.32 Å². The highest BCUT2D eigenvalue weighted by molar-refractivity contribution is 5.56. The fourth-order valence-electron chi connectivity index (χ4n) is 2.46. The SMILES string of the molecule is CC1CCCCC1Nc1ncc([N+](=O)[O-])cc1C#N. The first-order valence-corrected chi connectivity index (χ1v) is 6.43. The molecular weight excluding hydrogens is 244 g/mol. The summed E-state index contributed by atoms with van der Waals surface area (Å²) in [6, 6.07) is 3.52. The second-order valence-corrected chi connectivity index (χ2v) is 4.97. The Hall–Kier alpha value is -2.16. The number of nitro groups is 1. The van der Waals surface area contributed by atoms with E-state index >= 15 is 0 Å². The van der Waals surface area contributed by atoms with Crippen LogP contribution in [0.5, 0.6) is 0 Å². The van der Waals surface area contributed by atoms with Gasteiger partial charge in [-0.15, -0.1) is 0 Å². The van der Waals surface area contributed by atoms with Crippen LogP contribution >= 0.6 is 0 Å². The Labute approximate surface area is 111 Å². The van der Waals surface area contributed by atoms with Crippen LogP contribution in [-0.2, 0) is 0 Å². The zero-order chi connectivity index (χ0) is 13.8. The molecule has 2 rings (SSSR count). The molecule has 1 aromatic heterocycles. The Bertz CT molecular complexity index is 524. The summed E-state index contributed by atoms with van der Waals surface area (Å²) in [5, 5.41) is 23.0. The van der Waals surface area contributed by atoms with Gasteiger partial charge >= 0.3 is 0 Å². The van der Waals surface area contributed by atoms with Gasteiger partial charge in [-0.2, -0.15) is 5.26 Å². The summed E-state index contributed by atoms with van der Waals surface area (Å²) in [6.07, 6.45) is 5.79. The van der Waals surface area contributed by atoms with E-state index in [-0.39, 0.29) is 17.3 Å². The molecule has 19 heavy (non-hydrogen) atoms. The van der Waals surface area contributed by atoms with E-state index in [1.165, 1.54) is 18.7 Å². The highest BCUT2D eigenvalue weighted by atomic mass is 16.6. The minimum absolute atomic E-state index is 0.154. The summed E-state index contributed by atoms with van der Waals surface area (Å²) < 4.78 is 0. The van der Waals surface area contributed by atoms with Gasteiger partial charge < -0.3 is 5.32 Å². The van der Waals surface area contributed by atoms with Crippen molar-refractivity contribution in [3.63, 3.8) is 0 Å². The molecule has 100 valence electrons. The first-order chi connectivity index (χ1) is 9.11. The van der Waals surface area contributed by atoms with Crippen LogP contribution in [0.2, 0.25) is 0 Å². The smallest absolute Gasteiger partial charge is 0.289 e. The van der Waals surface area contributed by atoms with E-state index in [0.717, 1.165) is 19.3 Å². The van der Waals surface area contributed by atoms with E-state index < -0.39 is 4.92 Å². The van der Waals surface area contributed by atoms with E-state index in [2.05, 4.69) is 17.2 Å². The van der Waals surface area contributed by atoms with Gasteiger partial charge in [0, 0.05) is 12.1 Å². The largest absolute Gasteiger partial charge is 0.366 e. The third-order valence-electron chi connectivity index (χ3n) is 3.64. The number of rotatable bonds is 3. The third-order valence-corrected chi connectivity index (χ3v) is 3.64. The van der Waals surface area contributed by atoms with Crippen molar-refractivity contribution in [1.82, 2.24) is 4.98 Å². The van der Waals surface area contributed by atoms with Crippen LogP contribution in [0.1, 0.15) is 38.2 Å². The predicted octanol–water partition coefficient (Wildman–Crippen LogP) is 2.85. The normalized spacial score (nSPS) is 22.5. The van der Waals surface area contributed by atoms with Crippen LogP contribution in [-0.4, -0.2) is 15.9 Å². The van der Waals surface area contributed by atoms with Crippen molar-refractivity contribution in [1.29, 1.82) is 5.26 Å². The van der Waals surface area contributed by atoms with Gasteiger partial charge in [0.1, 0.15) is 23.6 Å². The van der Waals surface area contributed by atoms with Crippen LogP contribution in [0.4, 0.5) is 11.5 Å². The van der Waals surface area contributed by atoms with Gasteiger partial charge in [-0.25, -0.2) is 4.98 Å². The highest BCUT2D eigenvalue weighted by Gasteiger charge is 2.23. The number of pyridine rings is 1. The van der Waals surface area contributed by atoms with Gasteiger partial charge in [0.25, 0.3) is 5.69 Å². The zero-order valence-electron chi connectivity index (χ0n) is 10.8. The number of anilines is 1. The van der Waals surface area contributed by atoms with E-state index in [1.54, 1.807) is 0 Å². The average Bonchev–Trinajstić information content (AvgIpc) is 2.41. The maximum Gasteiger partial charge on any atom is 0.289 e. The molecule has 1 saturated carbocycles. The molecule has 1 aliphatic carbocycles. The van der Waals surface area contributed by atoms with Crippen LogP contribution < -0.4 is 5.32 Å². The zero-order valence-corrected chi connectivity index (χ0v) is 10.8. The van der Waals surface area contributed by atoms with E-state index in [0.29, 0.717) is 11.7 Å². The second kappa shape index (κ2) is 5.65. The van der Waals surface area contributed by atoms with Gasteiger partial charge in [0.2, 0.25) is 0 Å². The molecular formula is C13H16N4O2. The lowest BCUT2D eigenvalue weighted by molar-refractivity contribution is -0.385. The molecule has 0 spiro atoms. The molecule has 0 radical (unpaired) electrons. The molecule has 0 amide bonds. The fraction of sp³-hybridized carbons (Fsp3) is 0.538. The van der Waals surface area contributed by atoms with Crippen molar-refractivity contribution in [3.8, 4) is 6.07 Å². The summed E-state index contributed by atoms with van der Waals surface area (Å²) in [7, 11) is 0. The molecule has 6 nitrogen and oxygen atoms in total. The quantitative estimate of drug-likeness (QED) is 0.666. The van der Waals surface area contributed by atoms with Crippen LogP contribution in [0.3, 0.4) is 0 Å². The summed E-state index contributed by atoms with van der Waals surface area (Å²) in [5.74, 6) is 0.976. The van der Waals surface area contributed by atoms with Crippen molar-refractivity contribution in [2.24, 2.45) is 5.92 Å². The summed E-state index contributed by atoms with van der Waals surface area (Å²) in [4.78, 5) is 14.1. The van der Waals surface area contributed by atoms with Crippen molar-refractivity contribution in [3.05, 3.63) is 27.9 Å². The van der Waals surface area contributed by atoms with E-state index in [1.807, 2.05) is 6.07 Å². The van der Waals surface area contributed by atoms with Crippen LogP contribution in [0, 0.1) is 27.4 Å². The topological polar surface area (TPSA) is 91.8 Å². The predicted molar refractivity (Wildman–Crippen MR) is 70.6 cm³/mol. The average molecular weight is 260 g/mol. The number of hydrogen-bond donors (Lipinski definition) is 1. The molecule has 0 aliphatic heterocycles. The maximum absolute atomic E-state index is 10.7. The molecule has 1 N–H and O–H groups in total. The molecule has 1 aliphatic rings. The third kappa shape index (κ3) is 2.99. The molecule has 1 heterocycles. The van der Waals surface area contributed by atoms with E-state index in [4.69, 9.17) is 5.26 Å². The highest BCUT2D eigenvalue weighted by Crippen LogP contribution is 2.28. The van der Waals surface area contributed by atoms with Crippen LogP contribution in [0.15, 0.2) is 12.3 Å². The lowest BCUT2D eigenvalue weighted by Crippen LogP contribution is -2.31. The Morgan fingerprint density at radius 2 is 2.26 bits per heavy atom. The van der Waals surface area contributed by atoms with Gasteiger partial charge in [0.05, 0.1) is 4.92 Å². The van der Waals surface area contributed by atoms with Gasteiger partial charge in [0.15, 0.2) is 0 Å². The summed E-state index contributed by atoms with van der Waals surface area (Å²) in [6.45, 7) is 2.17. The summed E-state index contributed by atoms with van der Waals surface area (Å²) >= 11 is 0. The van der Waals surface area contributed by atoms with Gasteiger partial charge in [-0.05, 0) is 18.8 Å². The second-order valence-electron chi connectivity index (χ2n) is 4.97. The Morgan fingerprint density at radius 1 is 1.53 bits per heavy atom. The molecule has 6 heteroatoms. The maximum atomic E-state index is 10.7. The Morgan fingerprint density at radius 3 is 2.89 bits per heavy atom. The van der Waals surface area contributed by atoms with E-state index in [9.17, 15) is 10.1 Å². The monoisotopic (exact) mass is 260 g/mol. The Kier molecular flexibility index (Phi) is 3.95. The molecule has 2 unspecified atom stereocenters. The van der Waals surface area contributed by atoms with Crippen LogP contribution in [0.25, 0.3) is 0 Å². The number of aromatic nitrogens is 1. The standard InChI is InChI=1S/C13H16N4O2/c1-9-4-2-3-5-12(9)16-13-10(7-14)6-11(8-15-13)17(18)19/h6,8-9,12H,2-5H2,1H3,(H,15,16). The van der Waals surface area contributed by atoms with Gasteiger partial charge in [-0.3, -0.25) is 10.1 Å². The molecule has 1 fully saturated rings. The lowest BCUT2D eigenvalue weighted by Gasteiger charge is -2.30. The number of hydrogen-bond acceptors (Lipinski definition) is 5. The first-order valence-electron chi connectivity index (χ1n) is 6.43. The molecule has 2 atom stereocenters. The molecule has 0 aromatic carbocycles. The number of nitrogens with zero attached hydrogens (tertiary/aromatic N) is 3. The number of nitrogens with one attached hydrogen (secondary N) is 1. The van der Waals surface area contributed by atoms with Gasteiger partial charge in [-0.1, -0.05) is 19.8 Å². The van der Waals surface area contributed by atoms with Crippen molar-refractivity contribution in [2.45, 2.75) is 38.6 Å². The lowest BCUT2D eigenvalue weighted by atomic mass is 9.86. The van der Waals surface area contributed by atoms with Crippen molar-refractivity contribution < 1.29 is 4.92 Å². The minimum atomic E-state index is -0.541. The summed E-state index contributed by atoms with van der Waals surface area (Å²) in [5.41, 5.74) is 0.0748. The number of nitriles is 1. The Balaban J connectivity index is 2.20. The fourth-order valence-corrected chi connectivity index (χ4v) is 2.46. The molecule has 0 saturated heterocycles. The molecule has 1 aromatic rings. The minimum Gasteiger partial charge on any atom is -0.366 e. The molecule has 0 bridgehead atoms. The van der Waals surface area contributed by atoms with Crippen molar-refractivity contribution >= 4 is 11.5 Å².